The highest BCUT2D eigenvalue weighted by molar-refractivity contribution is 6.01. The summed E-state index contributed by atoms with van der Waals surface area (Å²) in [6, 6.07) is 15.0. The van der Waals surface area contributed by atoms with Crippen molar-refractivity contribution in [1.29, 1.82) is 0 Å². The molecule has 4 heterocycles. The molecule has 2 aliphatic rings. The number of imidazole rings is 1. The Hall–Kier alpha value is -5.26. The maximum Gasteiger partial charge on any atom is 0.410 e. The highest BCUT2D eigenvalue weighted by atomic mass is 16.6. The second-order valence-electron chi connectivity index (χ2n) is 12.6. The number of benzene rings is 2. The third-order valence-electron chi connectivity index (χ3n) is 8.08. The van der Waals surface area contributed by atoms with E-state index in [4.69, 9.17) is 9.72 Å². The maximum absolute atomic E-state index is 13.1. The van der Waals surface area contributed by atoms with E-state index in [0.717, 1.165) is 23.9 Å². The summed E-state index contributed by atoms with van der Waals surface area (Å²) in [5.41, 5.74) is 3.29. The number of nitrogens with zero attached hydrogens (tertiary/aromatic N) is 4. The predicted molar refractivity (Wildman–Crippen MR) is 173 cm³/mol. The van der Waals surface area contributed by atoms with E-state index >= 15 is 0 Å². The smallest absolute Gasteiger partial charge is 0.410 e. The lowest BCUT2D eigenvalue weighted by atomic mass is 10.1. The number of carbonyl (C=O) groups is 4. The first-order valence-electron chi connectivity index (χ1n) is 15.5. The maximum atomic E-state index is 13.1. The van der Waals surface area contributed by atoms with Crippen LogP contribution < -0.4 is 10.6 Å². The van der Waals surface area contributed by atoms with Crippen molar-refractivity contribution in [3.63, 3.8) is 0 Å². The summed E-state index contributed by atoms with van der Waals surface area (Å²) in [5, 5.41) is 5.87. The quantitative estimate of drug-likeness (QED) is 0.267. The molecule has 2 atom stereocenters. The van der Waals surface area contributed by atoms with Crippen LogP contribution in [0.25, 0.3) is 22.4 Å². The molecule has 0 aliphatic carbocycles. The minimum atomic E-state index is -0.641. The predicted octanol–water partition coefficient (Wildman–Crippen LogP) is 5.21. The number of H-pyrrole nitrogens is 1. The first kappa shape index (κ1) is 30.8. The van der Waals surface area contributed by atoms with E-state index < -0.39 is 23.8 Å². The summed E-state index contributed by atoms with van der Waals surface area (Å²) < 4.78 is 5.49. The fourth-order valence-electron chi connectivity index (χ4n) is 5.90. The number of aromatic amines is 1. The molecule has 0 bridgehead atoms. The van der Waals surface area contributed by atoms with Crippen molar-refractivity contribution in [1.82, 2.24) is 24.8 Å². The number of likely N-dealkylation sites (tertiary alicyclic amines) is 2. The molecule has 0 radical (unpaired) electrons. The third-order valence-corrected chi connectivity index (χ3v) is 8.08. The average molecular weight is 624 g/mol. The minimum absolute atomic E-state index is 0.199. The van der Waals surface area contributed by atoms with Crippen LogP contribution >= 0.6 is 0 Å². The molecule has 4 aromatic rings. The first-order chi connectivity index (χ1) is 22.1. The van der Waals surface area contributed by atoms with Crippen molar-refractivity contribution in [2.75, 3.05) is 23.7 Å². The van der Waals surface area contributed by atoms with Crippen molar-refractivity contribution in [3.8, 4) is 11.4 Å². The van der Waals surface area contributed by atoms with Crippen molar-refractivity contribution in [2.24, 2.45) is 0 Å². The lowest BCUT2D eigenvalue weighted by Gasteiger charge is -2.28. The molecule has 2 aromatic heterocycles. The Labute approximate surface area is 266 Å². The van der Waals surface area contributed by atoms with Gasteiger partial charge in [0.05, 0.1) is 16.6 Å². The van der Waals surface area contributed by atoms with E-state index in [2.05, 4.69) is 20.6 Å². The van der Waals surface area contributed by atoms with Crippen LogP contribution in [0.3, 0.4) is 0 Å². The van der Waals surface area contributed by atoms with Gasteiger partial charge in [-0.15, -0.1) is 0 Å². The molecule has 2 aromatic carbocycles. The van der Waals surface area contributed by atoms with E-state index in [1.807, 2.05) is 18.2 Å². The molecule has 12 heteroatoms. The van der Waals surface area contributed by atoms with Crippen molar-refractivity contribution < 1.29 is 23.9 Å². The van der Waals surface area contributed by atoms with Crippen LogP contribution in [-0.4, -0.2) is 79.3 Å². The third kappa shape index (κ3) is 6.70. The van der Waals surface area contributed by atoms with Crippen molar-refractivity contribution in [2.45, 2.75) is 64.1 Å². The second kappa shape index (κ2) is 12.6. The number of ether oxygens (including phenoxy) is 1. The molecule has 0 unspecified atom stereocenters. The highest BCUT2D eigenvalue weighted by Crippen LogP contribution is 2.27. The summed E-state index contributed by atoms with van der Waals surface area (Å²) in [5.74, 6) is -0.0619. The Bertz CT molecular complexity index is 1760. The van der Waals surface area contributed by atoms with Gasteiger partial charge in [0.2, 0.25) is 11.8 Å². The van der Waals surface area contributed by atoms with Crippen molar-refractivity contribution in [3.05, 3.63) is 72.6 Å². The number of anilines is 2. The van der Waals surface area contributed by atoms with Gasteiger partial charge in [0, 0.05) is 42.4 Å². The molecule has 2 fully saturated rings. The Morgan fingerprint density at radius 3 is 2.20 bits per heavy atom. The van der Waals surface area contributed by atoms with Gasteiger partial charge in [-0.05, 0) is 101 Å². The Balaban J connectivity index is 1.09. The normalized spacial score (nSPS) is 18.1. The van der Waals surface area contributed by atoms with Gasteiger partial charge in [-0.1, -0.05) is 0 Å². The zero-order valence-electron chi connectivity index (χ0n) is 26.1. The summed E-state index contributed by atoms with van der Waals surface area (Å²) in [6.45, 7) is 6.40. The molecule has 4 amide bonds. The van der Waals surface area contributed by atoms with Gasteiger partial charge < -0.3 is 25.3 Å². The summed E-state index contributed by atoms with van der Waals surface area (Å²) in [7, 11) is 0. The topological polar surface area (TPSA) is 150 Å². The van der Waals surface area contributed by atoms with E-state index in [9.17, 15) is 19.2 Å². The Kier molecular flexibility index (Phi) is 8.44. The SMILES string of the molecule is CC(C)(C)OC(=O)N1CCC[C@H]1C(=O)Nc1ccc2[nH]c(-c3ccc(NC(=O)[C@@H]4CCCN4C(=O)c4cccnc4)cc3)nc2c1. The van der Waals surface area contributed by atoms with E-state index in [1.165, 1.54) is 11.1 Å². The van der Waals surface area contributed by atoms with Crippen LogP contribution in [0.15, 0.2) is 67.0 Å². The van der Waals surface area contributed by atoms with Gasteiger partial charge in [-0.2, -0.15) is 0 Å². The second-order valence-corrected chi connectivity index (χ2v) is 12.6. The Morgan fingerprint density at radius 1 is 0.870 bits per heavy atom. The average Bonchev–Trinajstić information content (AvgIpc) is 3.80. The number of fused-ring (bicyclic) bond motifs is 1. The number of hydrogen-bond acceptors (Lipinski definition) is 7. The molecule has 46 heavy (non-hydrogen) atoms. The number of hydrogen-bond donors (Lipinski definition) is 3. The number of nitrogens with one attached hydrogen (secondary N) is 3. The lowest BCUT2D eigenvalue weighted by molar-refractivity contribution is -0.120. The van der Waals surface area contributed by atoms with Gasteiger partial charge in [0.1, 0.15) is 23.5 Å². The highest BCUT2D eigenvalue weighted by Gasteiger charge is 2.37. The molecule has 2 aliphatic heterocycles. The standard InChI is InChI=1S/C34H37N7O5/c1-34(2,3)46-33(45)41-18-6-9-28(41)31(43)37-24-14-15-25-26(19-24)39-29(38-25)21-10-12-23(13-11-21)36-30(42)27-8-5-17-40(27)32(44)22-7-4-16-35-20-22/h4,7,10-16,19-20,27-28H,5-6,8-9,17-18H2,1-3H3,(H,36,42)(H,37,43)(H,38,39)/t27-,28-/m0/s1. The molecule has 2 saturated heterocycles. The monoisotopic (exact) mass is 623 g/mol. The molecular weight excluding hydrogens is 586 g/mol. The molecule has 6 rings (SSSR count). The fraction of sp³-hybridized carbons (Fsp3) is 0.353. The van der Waals surface area contributed by atoms with Gasteiger partial charge in [0.15, 0.2) is 0 Å². The lowest BCUT2D eigenvalue weighted by Crippen LogP contribution is -2.45. The molecule has 0 saturated carbocycles. The van der Waals surface area contributed by atoms with Crippen LogP contribution in [0.4, 0.5) is 16.2 Å². The number of pyridine rings is 1. The van der Waals surface area contributed by atoms with E-state index in [0.29, 0.717) is 54.2 Å². The molecule has 12 nitrogen and oxygen atoms in total. The van der Waals surface area contributed by atoms with E-state index in [-0.39, 0.29) is 17.7 Å². The summed E-state index contributed by atoms with van der Waals surface area (Å²) in [6.07, 6.45) is 5.29. The van der Waals surface area contributed by atoms with Crippen LogP contribution in [0.2, 0.25) is 0 Å². The number of carbonyl (C=O) groups excluding carboxylic acids is 4. The fourth-order valence-corrected chi connectivity index (χ4v) is 5.90. The van der Waals surface area contributed by atoms with Gasteiger partial charge in [-0.3, -0.25) is 24.3 Å². The zero-order chi connectivity index (χ0) is 32.4. The zero-order valence-corrected chi connectivity index (χ0v) is 26.1. The van der Waals surface area contributed by atoms with Crippen LogP contribution in [0.5, 0.6) is 0 Å². The van der Waals surface area contributed by atoms with Gasteiger partial charge in [0.25, 0.3) is 5.91 Å². The molecule has 3 N–H and O–H groups in total. The van der Waals surface area contributed by atoms with Crippen LogP contribution in [-0.2, 0) is 14.3 Å². The largest absolute Gasteiger partial charge is 0.444 e. The molecule has 0 spiro atoms. The summed E-state index contributed by atoms with van der Waals surface area (Å²) >= 11 is 0. The van der Waals surface area contributed by atoms with Gasteiger partial charge in [-0.25, -0.2) is 9.78 Å². The molecule has 238 valence electrons. The molecular formula is C34H37N7O5. The number of rotatable bonds is 6. The Morgan fingerprint density at radius 2 is 1.52 bits per heavy atom. The van der Waals surface area contributed by atoms with Crippen molar-refractivity contribution >= 4 is 46.2 Å². The van der Waals surface area contributed by atoms with Gasteiger partial charge >= 0.3 is 6.09 Å². The summed E-state index contributed by atoms with van der Waals surface area (Å²) in [4.78, 5) is 67.0. The first-order valence-corrected chi connectivity index (χ1v) is 15.5. The van der Waals surface area contributed by atoms with Crippen LogP contribution in [0, 0.1) is 0 Å². The number of amides is 4. The minimum Gasteiger partial charge on any atom is -0.444 e. The van der Waals surface area contributed by atoms with E-state index in [1.54, 1.807) is 68.3 Å². The van der Waals surface area contributed by atoms with Crippen LogP contribution in [0.1, 0.15) is 56.8 Å². The number of aromatic nitrogens is 3.